The summed E-state index contributed by atoms with van der Waals surface area (Å²) in [7, 11) is 0. The molecule has 5 nitrogen and oxygen atoms in total. The SMILES string of the molecule is Cc1nn(-c2ccccc2)c(-n2cccc2)c1C(=O)Nc1c(F)cc(F)cc1Br. The van der Waals surface area contributed by atoms with Gasteiger partial charge in [-0.3, -0.25) is 4.79 Å². The van der Waals surface area contributed by atoms with E-state index < -0.39 is 17.5 Å². The number of anilines is 1. The number of rotatable bonds is 4. The zero-order valence-electron chi connectivity index (χ0n) is 15.2. The lowest BCUT2D eigenvalue weighted by Crippen LogP contribution is -2.17. The molecule has 0 aliphatic carbocycles. The van der Waals surface area contributed by atoms with Crippen molar-refractivity contribution < 1.29 is 13.6 Å². The Bertz CT molecular complexity index is 1160. The number of aromatic nitrogens is 3. The quantitative estimate of drug-likeness (QED) is 0.455. The third-order valence-corrected chi connectivity index (χ3v) is 4.98. The van der Waals surface area contributed by atoms with Gasteiger partial charge in [0.05, 0.1) is 17.1 Å². The summed E-state index contributed by atoms with van der Waals surface area (Å²) in [5.41, 5.74) is 1.38. The number of nitrogens with zero attached hydrogens (tertiary/aromatic N) is 3. The molecule has 0 fully saturated rings. The van der Waals surface area contributed by atoms with Gasteiger partial charge in [0.15, 0.2) is 11.6 Å². The fourth-order valence-corrected chi connectivity index (χ4v) is 3.59. The average molecular weight is 457 g/mol. The molecule has 0 saturated heterocycles. The molecule has 146 valence electrons. The van der Waals surface area contributed by atoms with Gasteiger partial charge in [-0.2, -0.15) is 5.10 Å². The van der Waals surface area contributed by atoms with Crippen LogP contribution < -0.4 is 5.32 Å². The predicted octanol–water partition coefficient (Wildman–Crippen LogP) is 5.26. The number of nitrogens with one attached hydrogen (secondary N) is 1. The van der Waals surface area contributed by atoms with Gasteiger partial charge in [0, 0.05) is 22.9 Å². The highest BCUT2D eigenvalue weighted by molar-refractivity contribution is 9.10. The number of amides is 1. The first-order chi connectivity index (χ1) is 14.0. The molecule has 0 unspecified atom stereocenters. The third kappa shape index (κ3) is 3.58. The van der Waals surface area contributed by atoms with Crippen molar-refractivity contribution >= 4 is 27.5 Å². The molecule has 4 aromatic rings. The van der Waals surface area contributed by atoms with E-state index in [1.165, 1.54) is 0 Å². The molecule has 8 heteroatoms. The van der Waals surface area contributed by atoms with Gasteiger partial charge in [-0.25, -0.2) is 13.5 Å². The third-order valence-electron chi connectivity index (χ3n) is 4.36. The second kappa shape index (κ2) is 7.63. The summed E-state index contributed by atoms with van der Waals surface area (Å²) in [6.07, 6.45) is 3.59. The highest BCUT2D eigenvalue weighted by Crippen LogP contribution is 2.29. The first-order valence-corrected chi connectivity index (χ1v) is 9.49. The number of hydrogen-bond donors (Lipinski definition) is 1. The number of halogens is 3. The monoisotopic (exact) mass is 456 g/mol. The van der Waals surface area contributed by atoms with E-state index in [0.29, 0.717) is 17.6 Å². The fourth-order valence-electron chi connectivity index (χ4n) is 3.08. The van der Waals surface area contributed by atoms with Crippen molar-refractivity contribution in [1.29, 1.82) is 0 Å². The van der Waals surface area contributed by atoms with Gasteiger partial charge in [0.25, 0.3) is 5.91 Å². The van der Waals surface area contributed by atoms with Crippen LogP contribution >= 0.6 is 15.9 Å². The van der Waals surface area contributed by atoms with Crippen LogP contribution in [0.5, 0.6) is 0 Å². The van der Waals surface area contributed by atoms with Crippen molar-refractivity contribution in [3.05, 3.63) is 94.4 Å². The van der Waals surface area contributed by atoms with Gasteiger partial charge in [-0.05, 0) is 53.2 Å². The van der Waals surface area contributed by atoms with Gasteiger partial charge in [-0.1, -0.05) is 18.2 Å². The molecule has 0 atom stereocenters. The molecule has 2 heterocycles. The van der Waals surface area contributed by atoms with Crippen LogP contribution in [-0.2, 0) is 0 Å². The zero-order valence-corrected chi connectivity index (χ0v) is 16.8. The lowest BCUT2D eigenvalue weighted by molar-refractivity contribution is 0.102. The van der Waals surface area contributed by atoms with E-state index in [1.807, 2.05) is 42.5 Å². The van der Waals surface area contributed by atoms with Gasteiger partial charge in [0.1, 0.15) is 11.4 Å². The van der Waals surface area contributed by atoms with Crippen molar-refractivity contribution in [2.24, 2.45) is 0 Å². The Labute approximate surface area is 173 Å². The van der Waals surface area contributed by atoms with E-state index in [9.17, 15) is 13.6 Å². The van der Waals surface area contributed by atoms with Crippen molar-refractivity contribution in [2.75, 3.05) is 5.32 Å². The molecule has 0 aliphatic heterocycles. The summed E-state index contributed by atoms with van der Waals surface area (Å²) in [5.74, 6) is -1.66. The van der Waals surface area contributed by atoms with Crippen molar-refractivity contribution in [3.63, 3.8) is 0 Å². The van der Waals surface area contributed by atoms with E-state index in [4.69, 9.17) is 0 Å². The minimum absolute atomic E-state index is 0.110. The summed E-state index contributed by atoms with van der Waals surface area (Å²) in [6, 6.07) is 14.8. The molecule has 4 rings (SSSR count). The standard InChI is InChI=1S/C21H15BrF2N4O/c1-13-18(20(29)25-19-16(22)11-14(23)12-17(19)24)21(27-9-5-6-10-27)28(26-13)15-7-3-2-4-8-15/h2-12H,1H3,(H,25,29). The summed E-state index contributed by atoms with van der Waals surface area (Å²) < 4.78 is 31.1. The van der Waals surface area contributed by atoms with Crippen LogP contribution in [0.2, 0.25) is 0 Å². The lowest BCUT2D eigenvalue weighted by atomic mass is 10.2. The number of hydrogen-bond acceptors (Lipinski definition) is 2. The first-order valence-electron chi connectivity index (χ1n) is 8.70. The zero-order chi connectivity index (χ0) is 20.5. The largest absolute Gasteiger partial charge is 0.318 e. The lowest BCUT2D eigenvalue weighted by Gasteiger charge is -2.12. The van der Waals surface area contributed by atoms with Crippen LogP contribution in [0, 0.1) is 18.6 Å². The Morgan fingerprint density at radius 3 is 2.41 bits per heavy atom. The van der Waals surface area contributed by atoms with Gasteiger partial charge in [-0.15, -0.1) is 0 Å². The molecule has 0 aliphatic rings. The normalized spacial score (nSPS) is 10.9. The van der Waals surface area contributed by atoms with Crippen LogP contribution in [0.15, 0.2) is 71.5 Å². The highest BCUT2D eigenvalue weighted by atomic mass is 79.9. The van der Waals surface area contributed by atoms with Crippen LogP contribution in [0.25, 0.3) is 11.5 Å². The second-order valence-corrected chi connectivity index (χ2v) is 7.17. The summed E-state index contributed by atoms with van der Waals surface area (Å²) >= 11 is 3.10. The smallest absolute Gasteiger partial charge is 0.261 e. The van der Waals surface area contributed by atoms with Crippen molar-refractivity contribution in [2.45, 2.75) is 6.92 Å². The number of carbonyl (C=O) groups excluding carboxylic acids is 1. The second-order valence-electron chi connectivity index (χ2n) is 6.32. The van der Waals surface area contributed by atoms with Crippen LogP contribution in [0.1, 0.15) is 16.1 Å². The van der Waals surface area contributed by atoms with Crippen LogP contribution in [0.4, 0.5) is 14.5 Å². The van der Waals surface area contributed by atoms with Gasteiger partial charge >= 0.3 is 0 Å². The maximum absolute atomic E-state index is 14.2. The minimum Gasteiger partial charge on any atom is -0.318 e. The first kappa shape index (κ1) is 19.1. The molecule has 1 N–H and O–H groups in total. The average Bonchev–Trinajstić information content (AvgIpc) is 3.32. The van der Waals surface area contributed by atoms with E-state index in [2.05, 4.69) is 26.3 Å². The maximum Gasteiger partial charge on any atom is 0.261 e. The summed E-state index contributed by atoms with van der Waals surface area (Å²) in [5, 5.41) is 7.06. The minimum atomic E-state index is -0.874. The predicted molar refractivity (Wildman–Crippen MR) is 110 cm³/mol. The van der Waals surface area contributed by atoms with E-state index in [1.54, 1.807) is 28.6 Å². The van der Waals surface area contributed by atoms with E-state index in [0.717, 1.165) is 11.8 Å². The topological polar surface area (TPSA) is 51.9 Å². The molecule has 29 heavy (non-hydrogen) atoms. The Kier molecular flexibility index (Phi) is 5.02. The molecule has 0 bridgehead atoms. The fraction of sp³-hybridized carbons (Fsp3) is 0.0476. The van der Waals surface area contributed by atoms with Crippen LogP contribution in [-0.4, -0.2) is 20.3 Å². The molecule has 1 amide bonds. The summed E-state index contributed by atoms with van der Waals surface area (Å²) in [4.78, 5) is 13.1. The maximum atomic E-state index is 14.2. The Balaban J connectivity index is 1.84. The molecule has 2 aromatic heterocycles. The molecule has 0 spiro atoms. The van der Waals surface area contributed by atoms with E-state index in [-0.39, 0.29) is 15.7 Å². The van der Waals surface area contributed by atoms with Gasteiger partial charge in [0.2, 0.25) is 0 Å². The Morgan fingerprint density at radius 1 is 1.07 bits per heavy atom. The number of para-hydroxylation sites is 1. The summed E-state index contributed by atoms with van der Waals surface area (Å²) in [6.45, 7) is 1.71. The van der Waals surface area contributed by atoms with Gasteiger partial charge < -0.3 is 9.88 Å². The number of benzene rings is 2. The van der Waals surface area contributed by atoms with E-state index >= 15 is 0 Å². The molecular formula is C21H15BrF2N4O. The van der Waals surface area contributed by atoms with Crippen molar-refractivity contribution in [3.8, 4) is 11.5 Å². The van der Waals surface area contributed by atoms with Crippen molar-refractivity contribution in [1.82, 2.24) is 14.3 Å². The molecule has 0 radical (unpaired) electrons. The Morgan fingerprint density at radius 2 is 1.76 bits per heavy atom. The Hall–Kier alpha value is -3.26. The molecular weight excluding hydrogens is 442 g/mol. The highest BCUT2D eigenvalue weighted by Gasteiger charge is 2.25. The van der Waals surface area contributed by atoms with Crippen LogP contribution in [0.3, 0.4) is 0 Å². The number of carbonyl (C=O) groups is 1. The number of aryl methyl sites for hydroxylation is 1. The molecule has 2 aromatic carbocycles. The molecule has 0 saturated carbocycles.